The normalized spacial score (nSPS) is 10.2. The molecule has 4 heteroatoms. The second-order valence-corrected chi connectivity index (χ2v) is 2.37. The number of hydrogen-bond donors (Lipinski definition) is 2. The summed E-state index contributed by atoms with van der Waals surface area (Å²) in [5, 5.41) is 17.0. The van der Waals surface area contributed by atoms with Gasteiger partial charge in [0, 0.05) is 6.20 Å². The average molecular weight is 176 g/mol. The van der Waals surface area contributed by atoms with Crippen molar-refractivity contribution in [1.29, 1.82) is 5.26 Å². The van der Waals surface area contributed by atoms with Gasteiger partial charge >= 0.3 is 0 Å². The number of aromatic amines is 1. The number of aliphatic hydroxyl groups is 1. The van der Waals surface area contributed by atoms with Gasteiger partial charge in [-0.25, -0.2) is 0 Å². The Morgan fingerprint density at radius 2 is 2.46 bits per heavy atom. The van der Waals surface area contributed by atoms with E-state index in [1.54, 1.807) is 12.1 Å². The quantitative estimate of drug-likeness (QED) is 0.678. The topological polar surface area (TPSA) is 76.9 Å². The van der Waals surface area contributed by atoms with E-state index in [1.807, 2.05) is 0 Å². The summed E-state index contributed by atoms with van der Waals surface area (Å²) in [4.78, 5) is 13.3. The average Bonchev–Trinajstić information content (AvgIpc) is 2.16. The molecule has 1 aromatic rings. The number of nitrogens with one attached hydrogen (secondary N) is 1. The molecule has 4 nitrogen and oxygen atoms in total. The second-order valence-electron chi connectivity index (χ2n) is 2.37. The lowest BCUT2D eigenvalue weighted by Crippen LogP contribution is -2.08. The zero-order valence-electron chi connectivity index (χ0n) is 6.82. The van der Waals surface area contributed by atoms with Crippen molar-refractivity contribution in [3.8, 4) is 6.07 Å². The van der Waals surface area contributed by atoms with Crippen LogP contribution in [0.1, 0.15) is 11.1 Å². The monoisotopic (exact) mass is 176 g/mol. The van der Waals surface area contributed by atoms with E-state index in [0.717, 1.165) is 0 Å². The van der Waals surface area contributed by atoms with Gasteiger partial charge in [0.15, 0.2) is 0 Å². The highest BCUT2D eigenvalue weighted by molar-refractivity contribution is 5.50. The lowest BCUT2D eigenvalue weighted by molar-refractivity contribution is 0.343. The summed E-state index contributed by atoms with van der Waals surface area (Å²) in [5.74, 6) is 0. The molecule has 0 bridgehead atoms. The minimum absolute atomic E-state index is 0.0684. The molecule has 1 rings (SSSR count). The van der Waals surface area contributed by atoms with Gasteiger partial charge in [-0.2, -0.15) is 5.26 Å². The first-order valence-electron chi connectivity index (χ1n) is 3.68. The van der Waals surface area contributed by atoms with E-state index in [9.17, 15) is 4.79 Å². The number of rotatable bonds is 2. The summed E-state index contributed by atoms with van der Waals surface area (Å²) in [6.45, 7) is -0.0684. The molecular formula is C9H8N2O2. The van der Waals surface area contributed by atoms with E-state index in [2.05, 4.69) is 4.98 Å². The van der Waals surface area contributed by atoms with Crippen molar-refractivity contribution in [1.82, 2.24) is 4.98 Å². The van der Waals surface area contributed by atoms with E-state index in [0.29, 0.717) is 5.56 Å². The first-order valence-corrected chi connectivity index (χ1v) is 3.68. The van der Waals surface area contributed by atoms with Gasteiger partial charge in [-0.15, -0.1) is 0 Å². The largest absolute Gasteiger partial charge is 0.392 e. The molecule has 1 aromatic heterocycles. The van der Waals surface area contributed by atoms with Gasteiger partial charge in [-0.3, -0.25) is 4.79 Å². The predicted octanol–water partition coefficient (Wildman–Crippen LogP) is 0.252. The third kappa shape index (κ3) is 2.29. The Morgan fingerprint density at radius 1 is 1.69 bits per heavy atom. The van der Waals surface area contributed by atoms with Gasteiger partial charge in [0.25, 0.3) is 5.56 Å². The molecule has 0 spiro atoms. The summed E-state index contributed by atoms with van der Waals surface area (Å²) in [6, 6.07) is 3.24. The fourth-order valence-electron chi connectivity index (χ4n) is 0.869. The van der Waals surface area contributed by atoms with E-state index >= 15 is 0 Å². The van der Waals surface area contributed by atoms with Crippen LogP contribution in [-0.4, -0.2) is 16.7 Å². The SMILES string of the molecule is N#Cc1cc(C=CCO)c[nH]c1=O. The number of nitriles is 1. The van der Waals surface area contributed by atoms with Crippen LogP contribution in [0.3, 0.4) is 0 Å². The molecule has 0 aromatic carbocycles. The first-order chi connectivity index (χ1) is 6.27. The molecule has 2 N–H and O–H groups in total. The molecule has 0 aliphatic carbocycles. The van der Waals surface area contributed by atoms with Crippen LogP contribution >= 0.6 is 0 Å². The molecule has 13 heavy (non-hydrogen) atoms. The Hall–Kier alpha value is -1.86. The number of nitrogens with zero attached hydrogens (tertiary/aromatic N) is 1. The van der Waals surface area contributed by atoms with Gasteiger partial charge in [0.1, 0.15) is 11.6 Å². The fourth-order valence-corrected chi connectivity index (χ4v) is 0.869. The summed E-state index contributed by atoms with van der Waals surface area (Å²) in [7, 11) is 0. The van der Waals surface area contributed by atoms with Crippen molar-refractivity contribution in [3.05, 3.63) is 39.8 Å². The number of aromatic nitrogens is 1. The minimum Gasteiger partial charge on any atom is -0.392 e. The van der Waals surface area contributed by atoms with E-state index < -0.39 is 5.56 Å². The van der Waals surface area contributed by atoms with Crippen LogP contribution in [0.5, 0.6) is 0 Å². The number of aliphatic hydroxyl groups excluding tert-OH is 1. The molecule has 0 atom stereocenters. The second kappa shape index (κ2) is 4.24. The van der Waals surface area contributed by atoms with Crippen molar-refractivity contribution >= 4 is 6.08 Å². The molecule has 0 radical (unpaired) electrons. The molecular weight excluding hydrogens is 168 g/mol. The molecule has 0 fully saturated rings. The summed E-state index contributed by atoms with van der Waals surface area (Å²) >= 11 is 0. The Labute approximate surface area is 74.8 Å². The maximum absolute atomic E-state index is 10.9. The third-order valence-electron chi connectivity index (χ3n) is 1.46. The maximum Gasteiger partial charge on any atom is 0.265 e. The molecule has 0 saturated carbocycles. The minimum atomic E-state index is -0.399. The van der Waals surface area contributed by atoms with Crippen molar-refractivity contribution in [2.24, 2.45) is 0 Å². The zero-order chi connectivity index (χ0) is 9.68. The molecule has 66 valence electrons. The van der Waals surface area contributed by atoms with Gasteiger partial charge in [-0.1, -0.05) is 12.2 Å². The van der Waals surface area contributed by atoms with E-state index in [1.165, 1.54) is 18.3 Å². The zero-order valence-corrected chi connectivity index (χ0v) is 6.82. The van der Waals surface area contributed by atoms with Gasteiger partial charge in [-0.05, 0) is 11.6 Å². The molecule has 0 saturated heterocycles. The fraction of sp³-hybridized carbons (Fsp3) is 0.111. The van der Waals surface area contributed by atoms with E-state index in [4.69, 9.17) is 10.4 Å². The Balaban J connectivity index is 3.08. The predicted molar refractivity (Wildman–Crippen MR) is 47.9 cm³/mol. The van der Waals surface area contributed by atoms with Crippen molar-refractivity contribution in [2.75, 3.05) is 6.61 Å². The maximum atomic E-state index is 10.9. The Morgan fingerprint density at radius 3 is 3.08 bits per heavy atom. The van der Waals surface area contributed by atoms with Crippen LogP contribution in [0.15, 0.2) is 23.1 Å². The lowest BCUT2D eigenvalue weighted by atomic mass is 10.2. The van der Waals surface area contributed by atoms with Gasteiger partial charge < -0.3 is 10.1 Å². The van der Waals surface area contributed by atoms with Crippen LogP contribution in [0.4, 0.5) is 0 Å². The van der Waals surface area contributed by atoms with Crippen LogP contribution < -0.4 is 5.56 Å². The third-order valence-corrected chi connectivity index (χ3v) is 1.46. The van der Waals surface area contributed by atoms with Crippen molar-refractivity contribution < 1.29 is 5.11 Å². The van der Waals surface area contributed by atoms with E-state index in [-0.39, 0.29) is 12.2 Å². The lowest BCUT2D eigenvalue weighted by Gasteiger charge is -1.92. The molecule has 0 unspecified atom stereocenters. The van der Waals surface area contributed by atoms with Crippen LogP contribution in [0.25, 0.3) is 6.08 Å². The van der Waals surface area contributed by atoms with Crippen LogP contribution in [0, 0.1) is 11.3 Å². The first kappa shape index (κ1) is 9.23. The highest BCUT2D eigenvalue weighted by Gasteiger charge is 1.96. The summed E-state index contributed by atoms with van der Waals surface area (Å²) in [5.41, 5.74) is 0.355. The van der Waals surface area contributed by atoms with Crippen LogP contribution in [0.2, 0.25) is 0 Å². The molecule has 0 aliphatic heterocycles. The van der Waals surface area contributed by atoms with Gasteiger partial charge in [0.2, 0.25) is 0 Å². The Bertz CT molecular complexity index is 412. The highest BCUT2D eigenvalue weighted by Crippen LogP contribution is 1.99. The molecule has 0 amide bonds. The number of pyridine rings is 1. The smallest absolute Gasteiger partial charge is 0.265 e. The standard InChI is InChI=1S/C9H8N2O2/c10-5-8-4-7(2-1-3-12)6-11-9(8)13/h1-2,4,6,12H,3H2,(H,11,13). The Kier molecular flexibility index (Phi) is 3.01. The van der Waals surface area contributed by atoms with Gasteiger partial charge in [0.05, 0.1) is 6.61 Å². The van der Waals surface area contributed by atoms with Crippen LogP contribution in [-0.2, 0) is 0 Å². The highest BCUT2D eigenvalue weighted by atomic mass is 16.2. The summed E-state index contributed by atoms with van der Waals surface area (Å²) < 4.78 is 0. The van der Waals surface area contributed by atoms with Crippen molar-refractivity contribution in [3.63, 3.8) is 0 Å². The number of H-pyrrole nitrogens is 1. The molecule has 0 aliphatic rings. The number of hydrogen-bond acceptors (Lipinski definition) is 3. The molecule has 1 heterocycles. The van der Waals surface area contributed by atoms with Crippen molar-refractivity contribution in [2.45, 2.75) is 0 Å². The summed E-state index contributed by atoms with van der Waals surface area (Å²) in [6.07, 6.45) is 4.63.